The molecule has 6 nitrogen and oxygen atoms in total. The lowest BCUT2D eigenvalue weighted by Gasteiger charge is -2.31. The lowest BCUT2D eigenvalue weighted by Crippen LogP contribution is -3.15. The Morgan fingerprint density at radius 1 is 1.10 bits per heavy atom. The van der Waals surface area contributed by atoms with E-state index in [-0.39, 0.29) is 17.1 Å². The van der Waals surface area contributed by atoms with Gasteiger partial charge in [-0.2, -0.15) is 4.31 Å². The van der Waals surface area contributed by atoms with Crippen molar-refractivity contribution in [2.24, 2.45) is 0 Å². The fraction of sp³-hybridized carbons (Fsp3) is 0.381. The topological polar surface area (TPSA) is 70.9 Å². The van der Waals surface area contributed by atoms with E-state index in [9.17, 15) is 22.0 Å². The first kappa shape index (κ1) is 22.3. The predicted octanol–water partition coefficient (Wildman–Crippen LogP) is 1.62. The van der Waals surface area contributed by atoms with Gasteiger partial charge in [-0.25, -0.2) is 17.2 Å². The van der Waals surface area contributed by atoms with Crippen molar-refractivity contribution in [1.29, 1.82) is 0 Å². The second-order valence-electron chi connectivity index (χ2n) is 7.73. The SMILES string of the molecule is CC(C)c1ccc(S(=O)(=O)N2CC[NH+](CC(=O)Nc3ccc(F)cc3F)CC2)cc1. The van der Waals surface area contributed by atoms with Gasteiger partial charge in [0, 0.05) is 6.07 Å². The summed E-state index contributed by atoms with van der Waals surface area (Å²) in [6.07, 6.45) is 0. The summed E-state index contributed by atoms with van der Waals surface area (Å²) in [5.41, 5.74) is 0.999. The van der Waals surface area contributed by atoms with Crippen LogP contribution >= 0.6 is 0 Å². The molecule has 0 atom stereocenters. The van der Waals surface area contributed by atoms with Crippen molar-refractivity contribution in [3.63, 3.8) is 0 Å². The van der Waals surface area contributed by atoms with Crippen molar-refractivity contribution in [1.82, 2.24) is 4.31 Å². The van der Waals surface area contributed by atoms with Gasteiger partial charge in [0.15, 0.2) is 6.54 Å². The van der Waals surface area contributed by atoms with Crippen LogP contribution in [0.3, 0.4) is 0 Å². The normalized spacial score (nSPS) is 16.0. The van der Waals surface area contributed by atoms with Gasteiger partial charge in [-0.1, -0.05) is 26.0 Å². The number of hydrogen-bond acceptors (Lipinski definition) is 3. The van der Waals surface area contributed by atoms with Crippen LogP contribution in [0.1, 0.15) is 25.3 Å². The number of nitrogens with zero attached hydrogens (tertiary/aromatic N) is 1. The first-order valence-electron chi connectivity index (χ1n) is 9.85. The second-order valence-corrected chi connectivity index (χ2v) is 9.66. The summed E-state index contributed by atoms with van der Waals surface area (Å²) in [5.74, 6) is -1.63. The van der Waals surface area contributed by atoms with E-state index in [1.54, 1.807) is 12.1 Å². The van der Waals surface area contributed by atoms with Gasteiger partial charge in [0.25, 0.3) is 5.91 Å². The number of hydrogen-bond donors (Lipinski definition) is 2. The molecular formula is C21H26F2N3O3S+. The standard InChI is InChI=1S/C21H25F2N3O3S/c1-15(2)16-3-6-18(7-4-16)30(28,29)26-11-9-25(10-12-26)14-21(27)24-20-8-5-17(22)13-19(20)23/h3-8,13,15H,9-12,14H2,1-2H3,(H,24,27)/p+1. The summed E-state index contributed by atoms with van der Waals surface area (Å²) in [4.78, 5) is 13.3. The van der Waals surface area contributed by atoms with Crippen molar-refractivity contribution >= 4 is 21.6 Å². The third kappa shape index (κ3) is 5.21. The molecule has 1 fully saturated rings. The highest BCUT2D eigenvalue weighted by Gasteiger charge is 2.31. The number of sulfonamides is 1. The third-order valence-electron chi connectivity index (χ3n) is 5.23. The van der Waals surface area contributed by atoms with Crippen LogP contribution in [0.5, 0.6) is 0 Å². The Labute approximate surface area is 175 Å². The molecule has 1 amide bonds. The smallest absolute Gasteiger partial charge is 0.279 e. The molecule has 0 aliphatic carbocycles. The number of benzene rings is 2. The first-order chi connectivity index (χ1) is 14.2. The third-order valence-corrected chi connectivity index (χ3v) is 7.14. The van der Waals surface area contributed by atoms with E-state index >= 15 is 0 Å². The van der Waals surface area contributed by atoms with Gasteiger partial charge in [-0.3, -0.25) is 4.79 Å². The predicted molar refractivity (Wildman–Crippen MR) is 110 cm³/mol. The molecular weight excluding hydrogens is 412 g/mol. The summed E-state index contributed by atoms with van der Waals surface area (Å²) in [6, 6.07) is 9.88. The highest BCUT2D eigenvalue weighted by molar-refractivity contribution is 7.89. The molecule has 1 heterocycles. The Balaban J connectivity index is 1.55. The molecule has 0 spiro atoms. The Bertz CT molecular complexity index is 1000. The molecule has 1 saturated heterocycles. The molecule has 3 rings (SSSR count). The maximum absolute atomic E-state index is 13.7. The van der Waals surface area contributed by atoms with E-state index in [4.69, 9.17) is 0 Å². The van der Waals surface area contributed by atoms with Crippen LogP contribution in [0.2, 0.25) is 0 Å². The van der Waals surface area contributed by atoms with Crippen LogP contribution in [-0.4, -0.2) is 51.4 Å². The highest BCUT2D eigenvalue weighted by Crippen LogP contribution is 2.20. The van der Waals surface area contributed by atoms with Crippen molar-refractivity contribution in [2.75, 3.05) is 38.0 Å². The molecule has 2 aromatic carbocycles. The first-order valence-corrected chi connectivity index (χ1v) is 11.3. The molecule has 0 radical (unpaired) electrons. The maximum Gasteiger partial charge on any atom is 0.279 e. The van der Waals surface area contributed by atoms with Crippen LogP contribution in [0.4, 0.5) is 14.5 Å². The average molecular weight is 439 g/mol. The van der Waals surface area contributed by atoms with Crippen LogP contribution in [0.15, 0.2) is 47.4 Å². The van der Waals surface area contributed by atoms with Gasteiger partial charge in [-0.15, -0.1) is 0 Å². The quantitative estimate of drug-likeness (QED) is 0.720. The number of anilines is 1. The number of carbonyl (C=O) groups excluding carboxylic acids is 1. The van der Waals surface area contributed by atoms with Gasteiger partial charge in [0.1, 0.15) is 11.6 Å². The molecule has 0 aromatic heterocycles. The summed E-state index contributed by atoms with van der Waals surface area (Å²) in [6.45, 7) is 5.68. The summed E-state index contributed by atoms with van der Waals surface area (Å²) in [5, 5.41) is 2.43. The van der Waals surface area contributed by atoms with Crippen LogP contribution in [0, 0.1) is 11.6 Å². The summed E-state index contributed by atoms with van der Waals surface area (Å²) < 4.78 is 53.8. The Kier molecular flexibility index (Phi) is 6.84. The van der Waals surface area contributed by atoms with Gasteiger partial charge < -0.3 is 10.2 Å². The van der Waals surface area contributed by atoms with Crippen molar-refractivity contribution in [3.8, 4) is 0 Å². The van der Waals surface area contributed by atoms with E-state index in [0.29, 0.717) is 38.2 Å². The molecule has 2 N–H and O–H groups in total. The molecule has 30 heavy (non-hydrogen) atoms. The lowest BCUT2D eigenvalue weighted by molar-refractivity contribution is -0.895. The number of carbonyl (C=O) groups is 1. The van der Waals surface area contributed by atoms with E-state index < -0.39 is 27.6 Å². The largest absolute Gasteiger partial charge is 0.325 e. The monoisotopic (exact) mass is 438 g/mol. The van der Waals surface area contributed by atoms with Gasteiger partial charge >= 0.3 is 0 Å². The fourth-order valence-corrected chi connectivity index (χ4v) is 4.85. The zero-order chi connectivity index (χ0) is 21.9. The van der Waals surface area contributed by atoms with Crippen LogP contribution in [0.25, 0.3) is 0 Å². The molecule has 1 aliphatic rings. The minimum atomic E-state index is -3.58. The Morgan fingerprint density at radius 3 is 2.30 bits per heavy atom. The molecule has 1 aliphatic heterocycles. The minimum absolute atomic E-state index is 0.0770. The van der Waals surface area contributed by atoms with E-state index in [2.05, 4.69) is 5.32 Å². The second kappa shape index (κ2) is 9.20. The maximum atomic E-state index is 13.7. The van der Waals surface area contributed by atoms with Gasteiger partial charge in [0.2, 0.25) is 10.0 Å². The average Bonchev–Trinajstić information content (AvgIpc) is 2.70. The number of halogens is 2. The molecule has 2 aromatic rings. The molecule has 162 valence electrons. The number of piperazine rings is 1. The van der Waals surface area contributed by atoms with Crippen molar-refractivity contribution in [3.05, 3.63) is 59.7 Å². The van der Waals surface area contributed by atoms with E-state index in [1.807, 2.05) is 26.0 Å². The number of nitrogens with one attached hydrogen (secondary N) is 2. The zero-order valence-electron chi connectivity index (χ0n) is 17.0. The number of amides is 1. The number of quaternary nitrogens is 1. The molecule has 0 saturated carbocycles. The minimum Gasteiger partial charge on any atom is -0.325 e. The Morgan fingerprint density at radius 2 is 1.73 bits per heavy atom. The molecule has 0 unspecified atom stereocenters. The fourth-order valence-electron chi connectivity index (χ4n) is 3.41. The summed E-state index contributed by atoms with van der Waals surface area (Å²) in [7, 11) is -3.58. The number of rotatable bonds is 6. The van der Waals surface area contributed by atoms with Gasteiger partial charge in [-0.05, 0) is 35.7 Å². The molecule has 0 bridgehead atoms. The lowest BCUT2D eigenvalue weighted by atomic mass is 10.0. The zero-order valence-corrected chi connectivity index (χ0v) is 17.8. The Hall–Kier alpha value is -2.36. The molecule has 9 heteroatoms. The van der Waals surface area contributed by atoms with Crippen LogP contribution < -0.4 is 10.2 Å². The highest BCUT2D eigenvalue weighted by atomic mass is 32.2. The summed E-state index contributed by atoms with van der Waals surface area (Å²) >= 11 is 0. The van der Waals surface area contributed by atoms with Crippen molar-refractivity contribution < 1.29 is 26.9 Å². The van der Waals surface area contributed by atoms with Crippen LogP contribution in [-0.2, 0) is 14.8 Å². The van der Waals surface area contributed by atoms with Gasteiger partial charge in [0.05, 0.1) is 36.8 Å². The van der Waals surface area contributed by atoms with Crippen molar-refractivity contribution in [2.45, 2.75) is 24.7 Å². The van der Waals surface area contributed by atoms with E-state index in [1.165, 1.54) is 10.4 Å². The van der Waals surface area contributed by atoms with E-state index in [0.717, 1.165) is 16.5 Å².